The number of aryl methyl sites for hydroxylation is 1. The van der Waals surface area contributed by atoms with E-state index in [1.165, 1.54) is 9.13 Å². The summed E-state index contributed by atoms with van der Waals surface area (Å²) < 4.78 is 3.35. The van der Waals surface area contributed by atoms with Crippen molar-refractivity contribution < 1.29 is 0 Å². The third-order valence-corrected chi connectivity index (χ3v) is 3.68. The molecule has 2 aromatic rings. The maximum Gasteiger partial charge on any atom is 0.110 e. The van der Waals surface area contributed by atoms with Crippen molar-refractivity contribution in [3.8, 4) is 0 Å². The van der Waals surface area contributed by atoms with Crippen LogP contribution >= 0.6 is 22.6 Å². The molecule has 0 aliphatic rings. The van der Waals surface area contributed by atoms with Crippen molar-refractivity contribution in [1.82, 2.24) is 14.9 Å². The van der Waals surface area contributed by atoms with Gasteiger partial charge in [0.2, 0.25) is 0 Å². The number of rotatable bonds is 5. The number of benzene rings is 1. The Balaban J connectivity index is 2.20. The summed E-state index contributed by atoms with van der Waals surface area (Å²) in [6, 6.07) is 8.97. The highest BCUT2D eigenvalue weighted by Crippen LogP contribution is 2.19. The molecule has 1 atom stereocenters. The fourth-order valence-corrected chi connectivity index (χ4v) is 2.62. The summed E-state index contributed by atoms with van der Waals surface area (Å²) in [5.41, 5.74) is 1.33. The maximum atomic E-state index is 4.41. The number of hydrogen-bond donors (Lipinski definition) is 1. The Hall–Kier alpha value is -0.880. The third kappa shape index (κ3) is 3.32. The molecule has 0 bridgehead atoms. The van der Waals surface area contributed by atoms with E-state index in [4.69, 9.17) is 0 Å². The zero-order valence-corrected chi connectivity index (χ0v) is 12.9. The standard InChI is InChI=1S/C14H18IN3/c1-3-16-13(10-14-17-7-8-18(14)2)11-5-4-6-12(15)9-11/h4-9,13,16H,3,10H2,1-2H3. The van der Waals surface area contributed by atoms with Crippen LogP contribution in [0.4, 0.5) is 0 Å². The van der Waals surface area contributed by atoms with Crippen LogP contribution in [0.15, 0.2) is 36.7 Å². The number of nitrogens with one attached hydrogen (secondary N) is 1. The zero-order valence-electron chi connectivity index (χ0n) is 10.7. The van der Waals surface area contributed by atoms with Crippen LogP contribution in [0, 0.1) is 3.57 Å². The summed E-state index contributed by atoms with van der Waals surface area (Å²) in [6.07, 6.45) is 4.76. The first-order chi connectivity index (χ1) is 8.70. The fourth-order valence-electron chi connectivity index (χ4n) is 2.05. The molecule has 1 N–H and O–H groups in total. The summed E-state index contributed by atoms with van der Waals surface area (Å²) in [7, 11) is 2.04. The molecule has 3 nitrogen and oxygen atoms in total. The molecule has 0 aliphatic heterocycles. The van der Waals surface area contributed by atoms with Gasteiger partial charge in [-0.2, -0.15) is 0 Å². The van der Waals surface area contributed by atoms with Gasteiger partial charge >= 0.3 is 0 Å². The molecule has 1 heterocycles. The molecule has 0 amide bonds. The van der Waals surface area contributed by atoms with Crippen molar-refractivity contribution in [1.29, 1.82) is 0 Å². The average Bonchev–Trinajstić information content (AvgIpc) is 2.74. The molecule has 1 aromatic heterocycles. The van der Waals surface area contributed by atoms with Gasteiger partial charge in [0.25, 0.3) is 0 Å². The molecule has 1 unspecified atom stereocenters. The smallest absolute Gasteiger partial charge is 0.110 e. The number of likely N-dealkylation sites (N-methyl/N-ethyl adjacent to an activating group) is 1. The van der Waals surface area contributed by atoms with Gasteiger partial charge < -0.3 is 9.88 Å². The molecule has 0 saturated carbocycles. The summed E-state index contributed by atoms with van der Waals surface area (Å²) in [4.78, 5) is 4.41. The van der Waals surface area contributed by atoms with E-state index in [9.17, 15) is 0 Å². The van der Waals surface area contributed by atoms with Crippen LogP contribution in [0.3, 0.4) is 0 Å². The highest BCUT2D eigenvalue weighted by atomic mass is 127. The Morgan fingerprint density at radius 2 is 2.28 bits per heavy atom. The first-order valence-electron chi connectivity index (χ1n) is 6.15. The van der Waals surface area contributed by atoms with Gasteiger partial charge in [0, 0.05) is 35.5 Å². The molecule has 18 heavy (non-hydrogen) atoms. The van der Waals surface area contributed by atoms with E-state index in [0.717, 1.165) is 18.8 Å². The van der Waals surface area contributed by atoms with Gasteiger partial charge in [-0.05, 0) is 46.8 Å². The van der Waals surface area contributed by atoms with E-state index in [1.807, 2.05) is 19.4 Å². The van der Waals surface area contributed by atoms with Crippen LogP contribution in [0.1, 0.15) is 24.4 Å². The highest BCUT2D eigenvalue weighted by Gasteiger charge is 2.13. The first kappa shape index (κ1) is 13.5. The van der Waals surface area contributed by atoms with Crippen molar-refractivity contribution >= 4 is 22.6 Å². The molecule has 1 aromatic carbocycles. The summed E-state index contributed by atoms with van der Waals surface area (Å²) in [5.74, 6) is 1.11. The minimum Gasteiger partial charge on any atom is -0.338 e. The monoisotopic (exact) mass is 355 g/mol. The van der Waals surface area contributed by atoms with Crippen LogP contribution in [0.5, 0.6) is 0 Å². The zero-order chi connectivity index (χ0) is 13.0. The second kappa shape index (κ2) is 6.33. The Bertz CT molecular complexity index is 507. The second-order valence-electron chi connectivity index (χ2n) is 4.32. The lowest BCUT2D eigenvalue weighted by Crippen LogP contribution is -2.24. The number of imidazole rings is 1. The second-order valence-corrected chi connectivity index (χ2v) is 5.57. The minimum atomic E-state index is 0.325. The summed E-state index contributed by atoms with van der Waals surface area (Å²) in [5, 5.41) is 3.53. The van der Waals surface area contributed by atoms with E-state index < -0.39 is 0 Å². The Morgan fingerprint density at radius 3 is 2.89 bits per heavy atom. The van der Waals surface area contributed by atoms with Gasteiger partial charge in [0.1, 0.15) is 5.82 Å². The lowest BCUT2D eigenvalue weighted by atomic mass is 10.0. The van der Waals surface area contributed by atoms with Crippen molar-refractivity contribution in [2.24, 2.45) is 7.05 Å². The van der Waals surface area contributed by atoms with Crippen LogP contribution in [-0.4, -0.2) is 16.1 Å². The molecular formula is C14H18IN3. The van der Waals surface area contributed by atoms with Gasteiger partial charge in [-0.25, -0.2) is 4.98 Å². The van der Waals surface area contributed by atoms with E-state index in [0.29, 0.717) is 6.04 Å². The largest absolute Gasteiger partial charge is 0.338 e. The van der Waals surface area contributed by atoms with Gasteiger partial charge in [-0.15, -0.1) is 0 Å². The molecular weight excluding hydrogens is 337 g/mol. The van der Waals surface area contributed by atoms with E-state index >= 15 is 0 Å². The molecule has 0 aliphatic carbocycles. The lowest BCUT2D eigenvalue weighted by molar-refractivity contribution is 0.529. The van der Waals surface area contributed by atoms with E-state index in [1.54, 1.807) is 0 Å². The Labute approximate surface area is 122 Å². The van der Waals surface area contributed by atoms with Gasteiger partial charge in [0.15, 0.2) is 0 Å². The average molecular weight is 355 g/mol. The molecule has 0 radical (unpaired) electrons. The van der Waals surface area contributed by atoms with Crippen LogP contribution in [0.2, 0.25) is 0 Å². The normalized spacial score (nSPS) is 12.6. The van der Waals surface area contributed by atoms with Crippen LogP contribution in [-0.2, 0) is 13.5 Å². The number of hydrogen-bond acceptors (Lipinski definition) is 2. The summed E-state index contributed by atoms with van der Waals surface area (Å²) >= 11 is 2.36. The number of nitrogens with zero attached hydrogens (tertiary/aromatic N) is 2. The van der Waals surface area contributed by atoms with E-state index in [-0.39, 0.29) is 0 Å². The van der Waals surface area contributed by atoms with Gasteiger partial charge in [-0.3, -0.25) is 0 Å². The van der Waals surface area contributed by atoms with Crippen LogP contribution < -0.4 is 5.32 Å². The molecule has 0 saturated heterocycles. The predicted molar refractivity (Wildman–Crippen MR) is 82.5 cm³/mol. The van der Waals surface area contributed by atoms with E-state index in [2.05, 4.69) is 68.6 Å². The molecule has 4 heteroatoms. The molecule has 0 spiro atoms. The minimum absolute atomic E-state index is 0.325. The quantitative estimate of drug-likeness (QED) is 0.836. The predicted octanol–water partition coefficient (Wildman–Crippen LogP) is 2.92. The third-order valence-electron chi connectivity index (χ3n) is 3.01. The Morgan fingerprint density at radius 1 is 1.44 bits per heavy atom. The van der Waals surface area contributed by atoms with Gasteiger partial charge in [0.05, 0.1) is 0 Å². The first-order valence-corrected chi connectivity index (χ1v) is 7.23. The Kier molecular flexibility index (Phi) is 4.77. The van der Waals surface area contributed by atoms with Crippen molar-refractivity contribution in [2.45, 2.75) is 19.4 Å². The van der Waals surface area contributed by atoms with Crippen LogP contribution in [0.25, 0.3) is 0 Å². The number of aromatic nitrogens is 2. The fraction of sp³-hybridized carbons (Fsp3) is 0.357. The van der Waals surface area contributed by atoms with Crippen molar-refractivity contribution in [3.63, 3.8) is 0 Å². The van der Waals surface area contributed by atoms with Crippen molar-refractivity contribution in [3.05, 3.63) is 51.6 Å². The maximum absolute atomic E-state index is 4.41. The molecule has 0 fully saturated rings. The topological polar surface area (TPSA) is 29.9 Å². The summed E-state index contributed by atoms with van der Waals surface area (Å²) in [6.45, 7) is 3.10. The van der Waals surface area contributed by atoms with Crippen molar-refractivity contribution in [2.75, 3.05) is 6.54 Å². The lowest BCUT2D eigenvalue weighted by Gasteiger charge is -2.18. The molecule has 96 valence electrons. The molecule has 2 rings (SSSR count). The highest BCUT2D eigenvalue weighted by molar-refractivity contribution is 14.1. The number of halogens is 1. The van der Waals surface area contributed by atoms with Gasteiger partial charge in [-0.1, -0.05) is 19.1 Å². The SMILES string of the molecule is CCNC(Cc1nccn1C)c1cccc(I)c1.